The molecule has 1 saturated heterocycles. The van der Waals surface area contributed by atoms with Crippen molar-refractivity contribution >= 4 is 5.91 Å². The maximum absolute atomic E-state index is 14.3. The van der Waals surface area contributed by atoms with Gasteiger partial charge < -0.3 is 14.2 Å². The molecule has 0 aliphatic carbocycles. The van der Waals surface area contributed by atoms with Gasteiger partial charge >= 0.3 is 0 Å². The minimum Gasteiger partial charge on any atom is -0.496 e. The molecule has 27 heavy (non-hydrogen) atoms. The second-order valence-corrected chi connectivity index (χ2v) is 6.86. The number of likely N-dealkylation sites (tertiary alicyclic amines) is 1. The van der Waals surface area contributed by atoms with Crippen molar-refractivity contribution in [3.63, 3.8) is 0 Å². The van der Waals surface area contributed by atoms with Crippen molar-refractivity contribution in [1.29, 1.82) is 0 Å². The molecule has 1 amide bonds. The smallest absolute Gasteiger partial charge is 0.260 e. The van der Waals surface area contributed by atoms with Crippen molar-refractivity contribution in [2.24, 2.45) is 0 Å². The van der Waals surface area contributed by atoms with Crippen LogP contribution in [0.15, 0.2) is 24.5 Å². The number of rotatable bonds is 6. The molecule has 1 fully saturated rings. The largest absolute Gasteiger partial charge is 0.496 e. The first kappa shape index (κ1) is 19.3. The molecule has 1 aromatic carbocycles. The monoisotopic (exact) mass is 377 g/mol. The summed E-state index contributed by atoms with van der Waals surface area (Å²) in [5.74, 6) is -1.68. The second-order valence-electron chi connectivity index (χ2n) is 6.86. The lowest BCUT2D eigenvalue weighted by molar-refractivity contribution is 0.0693. The number of carbonyl (C=O) groups is 1. The first-order valence-electron chi connectivity index (χ1n) is 9.39. The summed E-state index contributed by atoms with van der Waals surface area (Å²) in [5.41, 5.74) is -0.340. The Kier molecular flexibility index (Phi) is 6.08. The van der Waals surface area contributed by atoms with E-state index in [1.807, 2.05) is 6.20 Å². The summed E-state index contributed by atoms with van der Waals surface area (Å²) >= 11 is 0. The third kappa shape index (κ3) is 3.96. The molecule has 146 valence electrons. The summed E-state index contributed by atoms with van der Waals surface area (Å²) < 4.78 is 35.2. The van der Waals surface area contributed by atoms with Crippen LogP contribution in [0.1, 0.15) is 54.7 Å². The first-order valence-corrected chi connectivity index (χ1v) is 9.39. The molecule has 0 radical (unpaired) electrons. The van der Waals surface area contributed by atoms with E-state index in [1.165, 1.54) is 13.2 Å². The zero-order valence-electron chi connectivity index (χ0n) is 15.8. The molecule has 2 aromatic rings. The average molecular weight is 377 g/mol. The van der Waals surface area contributed by atoms with Crippen molar-refractivity contribution in [3.05, 3.63) is 47.5 Å². The van der Waals surface area contributed by atoms with Gasteiger partial charge in [0, 0.05) is 37.9 Å². The number of halogens is 2. The highest BCUT2D eigenvalue weighted by atomic mass is 19.2. The summed E-state index contributed by atoms with van der Waals surface area (Å²) in [5, 5.41) is 0. The van der Waals surface area contributed by atoms with E-state index in [-0.39, 0.29) is 17.2 Å². The van der Waals surface area contributed by atoms with Crippen LogP contribution in [0, 0.1) is 11.6 Å². The quantitative estimate of drug-likeness (QED) is 0.765. The van der Waals surface area contributed by atoms with E-state index < -0.39 is 17.5 Å². The molecule has 1 aromatic heterocycles. The van der Waals surface area contributed by atoms with Gasteiger partial charge in [-0.15, -0.1) is 0 Å². The van der Waals surface area contributed by atoms with Crippen LogP contribution < -0.4 is 4.74 Å². The minimum absolute atomic E-state index is 0.0467. The number of ether oxygens (including phenoxy) is 1. The number of aromatic nitrogens is 2. The van der Waals surface area contributed by atoms with Crippen LogP contribution in [0.4, 0.5) is 8.78 Å². The van der Waals surface area contributed by atoms with Gasteiger partial charge in [0.15, 0.2) is 11.6 Å². The average Bonchev–Trinajstić information content (AvgIpc) is 3.16. The molecular formula is C20H25F2N3O2. The van der Waals surface area contributed by atoms with Crippen LogP contribution in [0.5, 0.6) is 5.75 Å². The van der Waals surface area contributed by atoms with Gasteiger partial charge in [-0.2, -0.15) is 0 Å². The first-order chi connectivity index (χ1) is 13.1. The molecule has 5 nitrogen and oxygen atoms in total. The van der Waals surface area contributed by atoms with E-state index in [0.717, 1.165) is 44.1 Å². The Hall–Kier alpha value is -2.44. The van der Waals surface area contributed by atoms with Gasteiger partial charge in [0.25, 0.3) is 5.91 Å². The van der Waals surface area contributed by atoms with Crippen LogP contribution >= 0.6 is 0 Å². The highest BCUT2D eigenvalue weighted by Crippen LogP contribution is 2.30. The Morgan fingerprint density at radius 2 is 2.19 bits per heavy atom. The van der Waals surface area contributed by atoms with Crippen LogP contribution in [0.25, 0.3) is 0 Å². The van der Waals surface area contributed by atoms with E-state index in [2.05, 4.69) is 16.5 Å². The number of amides is 1. The predicted molar refractivity (Wildman–Crippen MR) is 97.9 cm³/mol. The molecule has 7 heteroatoms. The van der Waals surface area contributed by atoms with Crippen molar-refractivity contribution in [2.45, 2.75) is 45.1 Å². The fraction of sp³-hybridized carbons (Fsp3) is 0.500. The van der Waals surface area contributed by atoms with Gasteiger partial charge in [-0.1, -0.05) is 13.3 Å². The summed E-state index contributed by atoms with van der Waals surface area (Å²) in [4.78, 5) is 19.0. The molecular weight excluding hydrogens is 352 g/mol. The molecule has 0 saturated carbocycles. The minimum atomic E-state index is -1.16. The zero-order valence-corrected chi connectivity index (χ0v) is 15.8. The molecule has 0 spiro atoms. The van der Waals surface area contributed by atoms with Crippen LogP contribution in [-0.2, 0) is 6.54 Å². The number of carbonyl (C=O) groups excluding carboxylic acids is 1. The lowest BCUT2D eigenvalue weighted by Gasteiger charge is -2.33. The van der Waals surface area contributed by atoms with E-state index in [0.29, 0.717) is 13.1 Å². The Bertz CT molecular complexity index is 807. The van der Waals surface area contributed by atoms with Crippen molar-refractivity contribution in [2.75, 3.05) is 20.2 Å². The number of benzene rings is 1. The molecule has 1 aliphatic heterocycles. The van der Waals surface area contributed by atoms with Crippen molar-refractivity contribution in [3.8, 4) is 5.75 Å². The Balaban J connectivity index is 1.82. The zero-order chi connectivity index (χ0) is 19.4. The third-order valence-corrected chi connectivity index (χ3v) is 5.06. The van der Waals surface area contributed by atoms with E-state index >= 15 is 0 Å². The summed E-state index contributed by atoms with van der Waals surface area (Å²) in [6.07, 6.45) is 7.59. The van der Waals surface area contributed by atoms with E-state index in [1.54, 1.807) is 11.1 Å². The molecule has 1 atom stereocenters. The molecule has 0 N–H and O–H groups in total. The summed E-state index contributed by atoms with van der Waals surface area (Å²) in [7, 11) is 1.34. The summed E-state index contributed by atoms with van der Waals surface area (Å²) in [6.45, 7) is 3.96. The highest BCUT2D eigenvalue weighted by molar-refractivity contribution is 5.97. The number of hydrogen-bond donors (Lipinski definition) is 0. The number of methoxy groups -OCH3 is 1. The predicted octanol–water partition coefficient (Wildman–Crippen LogP) is 3.99. The van der Waals surface area contributed by atoms with E-state index in [4.69, 9.17) is 4.74 Å². The van der Waals surface area contributed by atoms with Gasteiger partial charge in [0.05, 0.1) is 7.11 Å². The third-order valence-electron chi connectivity index (χ3n) is 5.06. The topological polar surface area (TPSA) is 47.4 Å². The molecule has 3 rings (SSSR count). The standard InChI is InChI=1S/C20H25F2N3O2/c1-3-4-10-24-12-9-23-19(24)14-6-5-11-25(13-14)20(26)17-16(27-2)8-7-15(21)18(17)22/h7-9,12,14H,3-6,10-11,13H2,1-2H3. The number of nitrogens with zero attached hydrogens (tertiary/aromatic N) is 3. The SMILES string of the molecule is CCCCn1ccnc1C1CCCN(C(=O)c2c(OC)ccc(F)c2F)C1. The number of imidazole rings is 1. The Morgan fingerprint density at radius 1 is 1.37 bits per heavy atom. The van der Waals surface area contributed by atoms with E-state index in [9.17, 15) is 13.6 Å². The van der Waals surface area contributed by atoms with Gasteiger partial charge in [0.2, 0.25) is 0 Å². The number of hydrogen-bond acceptors (Lipinski definition) is 3. The number of piperidine rings is 1. The van der Waals surface area contributed by atoms with Crippen LogP contribution in [0.2, 0.25) is 0 Å². The molecule has 0 bridgehead atoms. The lowest BCUT2D eigenvalue weighted by Crippen LogP contribution is -2.40. The lowest BCUT2D eigenvalue weighted by atomic mass is 9.96. The van der Waals surface area contributed by atoms with Gasteiger partial charge in [-0.05, 0) is 31.4 Å². The van der Waals surface area contributed by atoms with Crippen LogP contribution in [-0.4, -0.2) is 40.6 Å². The fourth-order valence-corrected chi connectivity index (χ4v) is 3.63. The Labute approximate surface area is 158 Å². The summed E-state index contributed by atoms with van der Waals surface area (Å²) in [6, 6.07) is 2.25. The molecule has 2 heterocycles. The number of aryl methyl sites for hydroxylation is 1. The molecule has 1 aliphatic rings. The second kappa shape index (κ2) is 8.50. The van der Waals surface area contributed by atoms with Gasteiger partial charge in [-0.3, -0.25) is 4.79 Å². The van der Waals surface area contributed by atoms with Crippen molar-refractivity contribution < 1.29 is 18.3 Å². The van der Waals surface area contributed by atoms with Gasteiger partial charge in [0.1, 0.15) is 17.1 Å². The maximum Gasteiger partial charge on any atom is 0.260 e. The fourth-order valence-electron chi connectivity index (χ4n) is 3.63. The Morgan fingerprint density at radius 3 is 2.93 bits per heavy atom. The highest BCUT2D eigenvalue weighted by Gasteiger charge is 2.31. The maximum atomic E-state index is 14.3. The molecule has 1 unspecified atom stereocenters. The number of unbranched alkanes of at least 4 members (excludes halogenated alkanes) is 1. The van der Waals surface area contributed by atoms with Gasteiger partial charge in [-0.25, -0.2) is 13.8 Å². The van der Waals surface area contributed by atoms with Crippen LogP contribution in [0.3, 0.4) is 0 Å². The normalized spacial score (nSPS) is 17.2. The van der Waals surface area contributed by atoms with Crippen molar-refractivity contribution in [1.82, 2.24) is 14.5 Å².